The van der Waals surface area contributed by atoms with E-state index in [0.29, 0.717) is 60.4 Å². The first-order valence-electron chi connectivity index (χ1n) is 15.1. The first kappa shape index (κ1) is 36.1. The van der Waals surface area contributed by atoms with Crippen LogP contribution in [0.3, 0.4) is 0 Å². The monoisotopic (exact) mass is 691 g/mol. The molecule has 0 bridgehead atoms. The Balaban J connectivity index is 1.32. The minimum absolute atomic E-state index is 0.101. The Morgan fingerprint density at radius 2 is 2.02 bits per heavy atom. The van der Waals surface area contributed by atoms with E-state index in [4.69, 9.17) is 9.79 Å². The van der Waals surface area contributed by atoms with Crippen LogP contribution in [0.5, 0.6) is 0 Å². The second-order valence-electron chi connectivity index (χ2n) is 11.4. The number of aromatic nitrogens is 2. The van der Waals surface area contributed by atoms with E-state index in [-0.39, 0.29) is 43.8 Å². The molecule has 47 heavy (non-hydrogen) atoms. The number of hydrogen-bond donors (Lipinski definition) is 7. The van der Waals surface area contributed by atoms with Gasteiger partial charge in [0.05, 0.1) is 23.4 Å². The van der Waals surface area contributed by atoms with Gasteiger partial charge in [0.15, 0.2) is 0 Å². The molecule has 1 aromatic carbocycles. The molecule has 4 rings (SSSR count). The quantitative estimate of drug-likeness (QED) is 0.0629. The number of benzene rings is 1. The molecule has 2 atom stereocenters. The average molecular weight is 692 g/mol. The number of carbonyl (C=O) groups is 3. The molecule has 0 radical (unpaired) electrons. The van der Waals surface area contributed by atoms with Crippen molar-refractivity contribution in [2.24, 2.45) is 5.92 Å². The molecule has 0 aliphatic carbocycles. The van der Waals surface area contributed by atoms with E-state index >= 15 is 0 Å². The minimum Gasteiger partial charge on any atom is -0.396 e. The Bertz CT molecular complexity index is 1660. The van der Waals surface area contributed by atoms with Crippen LogP contribution in [0.1, 0.15) is 59.5 Å². The SMILES string of the molecule is Cc1[nH]c(C=C2C(=O)Nc3ccc(F)cc32)c(C)c1CCC(=O)NC(Cc1cscn1)C(=O)NCCCCC(CO)COP(=O)(O)O. The number of thiazole rings is 1. The van der Waals surface area contributed by atoms with Crippen LogP contribution in [0.25, 0.3) is 11.6 Å². The molecule has 0 spiro atoms. The van der Waals surface area contributed by atoms with Crippen LogP contribution in [0, 0.1) is 25.6 Å². The van der Waals surface area contributed by atoms with E-state index < -0.39 is 25.6 Å². The number of aliphatic hydroxyl groups is 1. The molecule has 3 heterocycles. The van der Waals surface area contributed by atoms with Gasteiger partial charge in [0.25, 0.3) is 5.91 Å². The Kier molecular flexibility index (Phi) is 12.6. The van der Waals surface area contributed by atoms with E-state index in [0.717, 1.165) is 16.8 Å². The summed E-state index contributed by atoms with van der Waals surface area (Å²) in [5.41, 5.74) is 6.94. The second-order valence-corrected chi connectivity index (χ2v) is 13.4. The van der Waals surface area contributed by atoms with Gasteiger partial charge in [-0.1, -0.05) is 6.42 Å². The topological polar surface area (TPSA) is 203 Å². The number of H-pyrrole nitrogens is 1. The molecule has 0 saturated heterocycles. The molecule has 0 saturated carbocycles. The van der Waals surface area contributed by atoms with E-state index in [2.05, 4.69) is 30.4 Å². The highest BCUT2D eigenvalue weighted by Crippen LogP contribution is 2.37. The summed E-state index contributed by atoms with van der Waals surface area (Å²) in [5.74, 6) is -1.91. The van der Waals surface area contributed by atoms with Crippen molar-refractivity contribution < 1.29 is 42.8 Å². The second kappa shape index (κ2) is 16.4. The summed E-state index contributed by atoms with van der Waals surface area (Å²) in [6.07, 6.45) is 3.93. The number of anilines is 1. The molecule has 1 aliphatic rings. The highest BCUT2D eigenvalue weighted by Gasteiger charge is 2.26. The van der Waals surface area contributed by atoms with E-state index in [1.54, 1.807) is 17.0 Å². The molecule has 0 fully saturated rings. The summed E-state index contributed by atoms with van der Waals surface area (Å²) in [7, 11) is -4.62. The number of amides is 3. The third kappa shape index (κ3) is 10.4. The number of unbranched alkanes of at least 4 members (excludes halogenated alkanes) is 1. The highest BCUT2D eigenvalue weighted by molar-refractivity contribution is 7.46. The van der Waals surface area contributed by atoms with Crippen molar-refractivity contribution in [2.75, 3.05) is 25.1 Å². The Morgan fingerprint density at radius 3 is 2.72 bits per heavy atom. The maximum atomic E-state index is 13.9. The maximum absolute atomic E-state index is 13.9. The molecule has 2 unspecified atom stereocenters. The third-order valence-electron chi connectivity index (χ3n) is 7.91. The van der Waals surface area contributed by atoms with E-state index in [9.17, 15) is 28.4 Å². The standard InChI is InChI=1S/C31H39FN5O8PS/c1-18-23(19(2)35-27(18)13-25-24-11-21(32)6-8-26(24)37-30(25)40)7-9-29(39)36-28(12-22-16-47-17-34-22)31(41)33-10-4-3-5-20(14-38)15-45-46(42,43)44/h6,8,11,13,16-17,20,28,35,38H,3-5,7,9-10,12,14-15H2,1-2H3,(H,33,41)(H,36,39)(H,37,40)(H2,42,43,44). The lowest BCUT2D eigenvalue weighted by molar-refractivity contribution is -0.129. The van der Waals surface area contributed by atoms with Crippen LogP contribution < -0.4 is 16.0 Å². The first-order valence-corrected chi connectivity index (χ1v) is 17.6. The molecule has 7 N–H and O–H groups in total. The van der Waals surface area contributed by atoms with Gasteiger partial charge in [-0.25, -0.2) is 13.9 Å². The molecule has 16 heteroatoms. The molecule has 2 aromatic heterocycles. The summed E-state index contributed by atoms with van der Waals surface area (Å²) in [4.78, 5) is 64.0. The van der Waals surface area contributed by atoms with Crippen LogP contribution in [-0.4, -0.2) is 68.4 Å². The Hall–Kier alpha value is -3.72. The number of aromatic amines is 1. The fourth-order valence-corrected chi connectivity index (χ4v) is 6.34. The maximum Gasteiger partial charge on any atom is 0.469 e. The molecular formula is C31H39FN5O8PS. The fourth-order valence-electron chi connectivity index (χ4n) is 5.37. The minimum atomic E-state index is -4.62. The molecule has 1 aliphatic heterocycles. The summed E-state index contributed by atoms with van der Waals surface area (Å²) < 4.78 is 29.2. The van der Waals surface area contributed by atoms with Gasteiger partial charge in [0.2, 0.25) is 11.8 Å². The lowest BCUT2D eigenvalue weighted by Gasteiger charge is -2.18. The molecule has 13 nitrogen and oxygen atoms in total. The lowest BCUT2D eigenvalue weighted by atomic mass is 10.0. The van der Waals surface area contributed by atoms with Crippen molar-refractivity contribution in [2.45, 2.75) is 58.4 Å². The van der Waals surface area contributed by atoms with Crippen LogP contribution in [-0.2, 0) is 36.3 Å². The zero-order valence-corrected chi connectivity index (χ0v) is 27.8. The van der Waals surface area contributed by atoms with Crippen molar-refractivity contribution in [1.29, 1.82) is 0 Å². The number of nitrogens with one attached hydrogen (secondary N) is 4. The smallest absolute Gasteiger partial charge is 0.396 e. The summed E-state index contributed by atoms with van der Waals surface area (Å²) in [5, 5.41) is 19.6. The predicted molar refractivity (Wildman–Crippen MR) is 175 cm³/mol. The number of rotatable bonds is 17. The summed E-state index contributed by atoms with van der Waals surface area (Å²) >= 11 is 1.38. The lowest BCUT2D eigenvalue weighted by Crippen LogP contribution is -2.48. The van der Waals surface area contributed by atoms with E-state index in [1.165, 1.54) is 29.5 Å². The number of nitrogens with zero attached hydrogens (tertiary/aromatic N) is 1. The number of fused-ring (bicyclic) bond motifs is 1. The van der Waals surface area contributed by atoms with Crippen molar-refractivity contribution in [3.05, 3.63) is 68.7 Å². The van der Waals surface area contributed by atoms with Crippen LogP contribution in [0.2, 0.25) is 0 Å². The van der Waals surface area contributed by atoms with Crippen molar-refractivity contribution in [1.82, 2.24) is 20.6 Å². The van der Waals surface area contributed by atoms with Crippen LogP contribution in [0.15, 0.2) is 29.1 Å². The van der Waals surface area contributed by atoms with E-state index in [1.807, 2.05) is 13.8 Å². The van der Waals surface area contributed by atoms with Gasteiger partial charge in [-0.2, -0.15) is 0 Å². The number of aryl methyl sites for hydroxylation is 1. The normalized spacial score (nSPS) is 14.9. The number of aliphatic hydroxyl groups excluding tert-OH is 1. The fraction of sp³-hybridized carbons (Fsp3) is 0.419. The number of hydrogen-bond acceptors (Lipinski definition) is 8. The van der Waals surface area contributed by atoms with Gasteiger partial charge in [0.1, 0.15) is 11.9 Å². The zero-order valence-electron chi connectivity index (χ0n) is 26.0. The van der Waals surface area contributed by atoms with Crippen LogP contribution >= 0.6 is 19.2 Å². The van der Waals surface area contributed by atoms with Crippen molar-refractivity contribution in [3.63, 3.8) is 0 Å². The summed E-state index contributed by atoms with van der Waals surface area (Å²) in [6, 6.07) is 3.26. The van der Waals surface area contributed by atoms with Gasteiger partial charge in [-0.3, -0.25) is 18.9 Å². The van der Waals surface area contributed by atoms with Crippen molar-refractivity contribution in [3.8, 4) is 0 Å². The number of carbonyl (C=O) groups excluding carboxylic acids is 3. The molecule has 3 amide bonds. The largest absolute Gasteiger partial charge is 0.469 e. The average Bonchev–Trinajstić information content (AvgIpc) is 3.70. The number of phosphoric acid groups is 1. The predicted octanol–water partition coefficient (Wildman–Crippen LogP) is 3.38. The Morgan fingerprint density at radius 1 is 1.23 bits per heavy atom. The molecule has 3 aromatic rings. The first-order chi connectivity index (χ1) is 22.3. The molecular weight excluding hydrogens is 652 g/mol. The van der Waals surface area contributed by atoms with Crippen molar-refractivity contribution >= 4 is 54.2 Å². The van der Waals surface area contributed by atoms with Crippen LogP contribution in [0.4, 0.5) is 10.1 Å². The van der Waals surface area contributed by atoms with Gasteiger partial charge in [-0.05, 0) is 68.5 Å². The molecule has 254 valence electrons. The zero-order chi connectivity index (χ0) is 34.1. The number of halogens is 1. The van der Waals surface area contributed by atoms with Gasteiger partial charge < -0.3 is 35.8 Å². The third-order valence-corrected chi connectivity index (χ3v) is 9.03. The van der Waals surface area contributed by atoms with Gasteiger partial charge in [0, 0.05) is 59.9 Å². The van der Waals surface area contributed by atoms with Gasteiger partial charge in [-0.15, -0.1) is 11.3 Å². The Labute approximate surface area is 275 Å². The number of phosphoric ester groups is 1. The van der Waals surface area contributed by atoms with Gasteiger partial charge >= 0.3 is 7.82 Å². The highest BCUT2D eigenvalue weighted by atomic mass is 32.1. The summed E-state index contributed by atoms with van der Waals surface area (Å²) in [6.45, 7) is 3.49.